The monoisotopic (exact) mass is 362 g/mol. The highest BCUT2D eigenvalue weighted by Gasteiger charge is 2.22. The number of hydrogen-bond acceptors (Lipinski definition) is 4. The number of hydrogen-bond donors (Lipinski definition) is 1. The fourth-order valence-corrected chi connectivity index (χ4v) is 4.18. The Kier molecular flexibility index (Phi) is 3.65. The summed E-state index contributed by atoms with van der Waals surface area (Å²) in [6, 6.07) is 8.57. The molecule has 0 unspecified atom stereocenters. The van der Waals surface area contributed by atoms with Gasteiger partial charge in [0.25, 0.3) is 0 Å². The zero-order chi connectivity index (χ0) is 18.5. The largest absolute Gasteiger partial charge is 0.326 e. The van der Waals surface area contributed by atoms with Gasteiger partial charge in [-0.1, -0.05) is 6.07 Å². The lowest BCUT2D eigenvalue weighted by Crippen LogP contribution is -2.34. The molecule has 1 fully saturated rings. The molecule has 3 aromatic heterocycles. The average molecular weight is 362 g/mol. The first-order chi connectivity index (χ1) is 13.1. The number of likely N-dealkylation sites (tertiary alicyclic amines) is 1. The standard InChI is InChI=1S/C20H22N6O/c1-13-9-15(11-25-19(13)21-12-22-25)14-3-4-18-17(10-14)23-20(27)26(18)16-5-7-24(2)8-6-16/h3-4,9-12,16H,5-8H2,1-2H3,(H,23,27). The van der Waals surface area contributed by atoms with Crippen LogP contribution in [0.25, 0.3) is 27.8 Å². The highest BCUT2D eigenvalue weighted by molar-refractivity contribution is 5.82. The summed E-state index contributed by atoms with van der Waals surface area (Å²) in [6.07, 6.45) is 5.55. The Labute approximate surface area is 156 Å². The van der Waals surface area contributed by atoms with Gasteiger partial charge in [-0.3, -0.25) is 4.57 Å². The average Bonchev–Trinajstić information content (AvgIpc) is 3.26. The molecule has 0 aliphatic carbocycles. The van der Waals surface area contributed by atoms with Crippen molar-refractivity contribution >= 4 is 16.7 Å². The molecule has 7 heteroatoms. The minimum atomic E-state index is -0.0142. The number of nitrogens with one attached hydrogen (secondary N) is 1. The van der Waals surface area contributed by atoms with Gasteiger partial charge < -0.3 is 9.88 Å². The summed E-state index contributed by atoms with van der Waals surface area (Å²) in [4.78, 5) is 22.3. The quantitative estimate of drug-likeness (QED) is 0.595. The maximum absolute atomic E-state index is 12.6. The summed E-state index contributed by atoms with van der Waals surface area (Å²) >= 11 is 0. The van der Waals surface area contributed by atoms with Crippen molar-refractivity contribution in [1.82, 2.24) is 29.0 Å². The second-order valence-electron chi connectivity index (χ2n) is 7.51. The Balaban J connectivity index is 1.59. The van der Waals surface area contributed by atoms with Crippen LogP contribution in [0.15, 0.2) is 41.6 Å². The molecule has 7 nitrogen and oxygen atoms in total. The second kappa shape index (κ2) is 6.06. The number of nitrogens with zero attached hydrogens (tertiary/aromatic N) is 5. The van der Waals surface area contributed by atoms with Gasteiger partial charge in [0.15, 0.2) is 5.65 Å². The van der Waals surface area contributed by atoms with Crippen molar-refractivity contribution in [3.63, 3.8) is 0 Å². The van der Waals surface area contributed by atoms with Crippen LogP contribution in [0.2, 0.25) is 0 Å². The number of fused-ring (bicyclic) bond motifs is 2. The molecule has 4 aromatic rings. The van der Waals surface area contributed by atoms with Gasteiger partial charge in [-0.25, -0.2) is 14.3 Å². The molecule has 0 atom stereocenters. The van der Waals surface area contributed by atoms with E-state index in [4.69, 9.17) is 0 Å². The van der Waals surface area contributed by atoms with Crippen LogP contribution in [0.5, 0.6) is 0 Å². The van der Waals surface area contributed by atoms with E-state index in [1.54, 1.807) is 10.8 Å². The molecule has 0 amide bonds. The van der Waals surface area contributed by atoms with Gasteiger partial charge in [-0.05, 0) is 69.2 Å². The number of aromatic amines is 1. The molecular formula is C20H22N6O. The van der Waals surface area contributed by atoms with Crippen LogP contribution >= 0.6 is 0 Å². The van der Waals surface area contributed by atoms with Gasteiger partial charge in [0.1, 0.15) is 6.33 Å². The summed E-state index contributed by atoms with van der Waals surface area (Å²) in [5, 5.41) is 4.25. The lowest BCUT2D eigenvalue weighted by Gasteiger charge is -2.29. The number of piperidine rings is 1. The van der Waals surface area contributed by atoms with Crippen molar-refractivity contribution in [3.05, 3.63) is 52.8 Å². The number of imidazole rings is 1. The molecular weight excluding hydrogens is 340 g/mol. The van der Waals surface area contributed by atoms with Gasteiger partial charge in [-0.2, -0.15) is 5.10 Å². The van der Waals surface area contributed by atoms with E-state index in [1.165, 1.54) is 0 Å². The van der Waals surface area contributed by atoms with Crippen molar-refractivity contribution < 1.29 is 0 Å². The van der Waals surface area contributed by atoms with Crippen LogP contribution in [0.4, 0.5) is 0 Å². The van der Waals surface area contributed by atoms with E-state index in [0.29, 0.717) is 0 Å². The number of rotatable bonds is 2. The highest BCUT2D eigenvalue weighted by Crippen LogP contribution is 2.28. The van der Waals surface area contributed by atoms with Crippen molar-refractivity contribution in [2.75, 3.05) is 20.1 Å². The smallest absolute Gasteiger partial charge is 0.306 e. The van der Waals surface area contributed by atoms with Gasteiger partial charge >= 0.3 is 5.69 Å². The van der Waals surface area contributed by atoms with E-state index in [2.05, 4.69) is 51.3 Å². The van der Waals surface area contributed by atoms with E-state index < -0.39 is 0 Å². The van der Waals surface area contributed by atoms with Gasteiger partial charge in [0, 0.05) is 17.8 Å². The van der Waals surface area contributed by atoms with E-state index in [0.717, 1.165) is 59.3 Å². The van der Waals surface area contributed by atoms with E-state index in [-0.39, 0.29) is 11.7 Å². The highest BCUT2D eigenvalue weighted by atomic mass is 16.1. The lowest BCUT2D eigenvalue weighted by atomic mass is 10.0. The third kappa shape index (κ3) is 2.66. The normalized spacial score (nSPS) is 16.5. The Hall–Kier alpha value is -2.93. The molecule has 1 aliphatic rings. The topological polar surface area (TPSA) is 71.2 Å². The van der Waals surface area contributed by atoms with Gasteiger partial charge in [0.05, 0.1) is 11.0 Å². The number of benzene rings is 1. The molecule has 0 bridgehead atoms. The minimum Gasteiger partial charge on any atom is -0.306 e. The fraction of sp³-hybridized carbons (Fsp3) is 0.350. The molecule has 0 spiro atoms. The predicted octanol–water partition coefficient (Wildman–Crippen LogP) is 2.61. The van der Waals surface area contributed by atoms with Crippen LogP contribution in [0.3, 0.4) is 0 Å². The van der Waals surface area contributed by atoms with Crippen molar-refractivity contribution in [3.8, 4) is 11.1 Å². The molecule has 4 heterocycles. The van der Waals surface area contributed by atoms with Crippen LogP contribution in [-0.2, 0) is 0 Å². The molecule has 1 aliphatic heterocycles. The van der Waals surface area contributed by atoms with Gasteiger partial charge in [0.2, 0.25) is 0 Å². The van der Waals surface area contributed by atoms with E-state index in [9.17, 15) is 4.79 Å². The van der Waals surface area contributed by atoms with Crippen molar-refractivity contribution in [1.29, 1.82) is 0 Å². The zero-order valence-electron chi connectivity index (χ0n) is 15.5. The maximum atomic E-state index is 12.6. The molecule has 138 valence electrons. The van der Waals surface area contributed by atoms with E-state index >= 15 is 0 Å². The SMILES string of the molecule is Cc1cc(-c2ccc3c(c2)[nH]c(=O)n3C2CCN(C)CC2)cn2ncnc12. The summed E-state index contributed by atoms with van der Waals surface area (Å²) < 4.78 is 3.74. The van der Waals surface area contributed by atoms with Crippen molar-refractivity contribution in [2.24, 2.45) is 0 Å². The fourth-order valence-electron chi connectivity index (χ4n) is 4.18. The summed E-state index contributed by atoms with van der Waals surface area (Å²) in [5.74, 6) is 0. The molecule has 1 saturated heterocycles. The molecule has 5 rings (SSSR count). The molecule has 1 N–H and O–H groups in total. The minimum absolute atomic E-state index is 0.0142. The Morgan fingerprint density at radius 3 is 2.78 bits per heavy atom. The third-order valence-corrected chi connectivity index (χ3v) is 5.66. The molecule has 1 aromatic carbocycles. The molecule has 0 radical (unpaired) electrons. The number of H-pyrrole nitrogens is 1. The number of pyridine rings is 1. The first-order valence-electron chi connectivity index (χ1n) is 9.33. The summed E-state index contributed by atoms with van der Waals surface area (Å²) in [5.41, 5.74) is 5.90. The predicted molar refractivity (Wildman–Crippen MR) is 105 cm³/mol. The Morgan fingerprint density at radius 1 is 1.15 bits per heavy atom. The first-order valence-corrected chi connectivity index (χ1v) is 9.33. The molecule has 27 heavy (non-hydrogen) atoms. The Bertz CT molecular complexity index is 1190. The van der Waals surface area contributed by atoms with Gasteiger partial charge in [-0.15, -0.1) is 0 Å². The Morgan fingerprint density at radius 2 is 1.96 bits per heavy atom. The lowest BCUT2D eigenvalue weighted by molar-refractivity contribution is 0.221. The molecule has 0 saturated carbocycles. The second-order valence-corrected chi connectivity index (χ2v) is 7.51. The van der Waals surface area contributed by atoms with Crippen LogP contribution in [0.1, 0.15) is 24.4 Å². The van der Waals surface area contributed by atoms with Crippen LogP contribution in [-0.4, -0.2) is 49.2 Å². The van der Waals surface area contributed by atoms with E-state index in [1.807, 2.05) is 17.7 Å². The number of aromatic nitrogens is 5. The van der Waals surface area contributed by atoms with Crippen LogP contribution < -0.4 is 5.69 Å². The first kappa shape index (κ1) is 16.3. The zero-order valence-corrected chi connectivity index (χ0v) is 15.5. The summed E-state index contributed by atoms with van der Waals surface area (Å²) in [6.45, 7) is 4.09. The summed E-state index contributed by atoms with van der Waals surface area (Å²) in [7, 11) is 2.13. The maximum Gasteiger partial charge on any atom is 0.326 e. The van der Waals surface area contributed by atoms with Crippen molar-refractivity contribution in [2.45, 2.75) is 25.8 Å². The number of aryl methyl sites for hydroxylation is 1. The van der Waals surface area contributed by atoms with Crippen LogP contribution in [0, 0.1) is 6.92 Å². The third-order valence-electron chi connectivity index (χ3n) is 5.66.